The van der Waals surface area contributed by atoms with Crippen LogP contribution in [0.2, 0.25) is 0 Å². The average molecular weight is 527 g/mol. The minimum atomic E-state index is -3.73. The van der Waals surface area contributed by atoms with Crippen LogP contribution in [-0.4, -0.2) is 49.6 Å². The van der Waals surface area contributed by atoms with Gasteiger partial charge in [0.2, 0.25) is 0 Å². The normalized spacial score (nSPS) is 12.2. The monoisotopic (exact) mass is 526 g/mol. The van der Waals surface area contributed by atoms with Crippen molar-refractivity contribution in [1.82, 2.24) is 0 Å². The molecule has 0 spiro atoms. The fraction of sp³-hybridized carbons (Fsp3) is 0.808. The van der Waals surface area contributed by atoms with Gasteiger partial charge in [0.25, 0.3) is 0 Å². The molecule has 0 heterocycles. The highest BCUT2D eigenvalue weighted by Gasteiger charge is 2.44. The molecule has 0 saturated heterocycles. The summed E-state index contributed by atoms with van der Waals surface area (Å²) in [5, 5.41) is 0. The first-order chi connectivity index (χ1) is 16.8. The van der Waals surface area contributed by atoms with Crippen molar-refractivity contribution in [3.63, 3.8) is 0 Å². The van der Waals surface area contributed by atoms with E-state index in [0.717, 1.165) is 25.7 Å². The fourth-order valence-corrected chi connectivity index (χ4v) is 3.17. The summed E-state index contributed by atoms with van der Waals surface area (Å²) in [7, 11) is 0. The zero-order chi connectivity index (χ0) is 27.8. The average Bonchev–Trinajstić information content (AvgIpc) is 2.83. The Bertz CT molecular complexity index is 669. The molecule has 0 saturated carbocycles. The SMILES string of the molecule is C=C(C)C(=O)OCC(CC)(COC(=O)C(F)(F)CCCCCC)COC(=O)C(F)(F)CCCCCC. The molecular formula is C26H42F4O6. The second kappa shape index (κ2) is 16.6. The molecule has 0 fully saturated rings. The van der Waals surface area contributed by atoms with Gasteiger partial charge in [-0.15, -0.1) is 0 Å². The van der Waals surface area contributed by atoms with E-state index in [0.29, 0.717) is 12.8 Å². The molecule has 10 heteroatoms. The second-order valence-corrected chi connectivity index (χ2v) is 9.39. The summed E-state index contributed by atoms with van der Waals surface area (Å²) in [6, 6.07) is 0. The molecule has 0 amide bonds. The number of halogens is 4. The van der Waals surface area contributed by atoms with Gasteiger partial charge in [-0.1, -0.05) is 65.9 Å². The summed E-state index contributed by atoms with van der Waals surface area (Å²) in [5.74, 6) is -11.8. The van der Waals surface area contributed by atoms with Crippen molar-refractivity contribution in [2.75, 3.05) is 19.8 Å². The van der Waals surface area contributed by atoms with Crippen LogP contribution in [-0.2, 0) is 28.6 Å². The number of alkyl halides is 4. The van der Waals surface area contributed by atoms with Crippen LogP contribution < -0.4 is 0 Å². The van der Waals surface area contributed by atoms with Crippen LogP contribution in [0.1, 0.15) is 98.3 Å². The molecule has 210 valence electrons. The summed E-state index contributed by atoms with van der Waals surface area (Å²) < 4.78 is 71.7. The molecule has 0 aliphatic rings. The molecule has 0 N–H and O–H groups in total. The predicted molar refractivity (Wildman–Crippen MR) is 128 cm³/mol. The third-order valence-electron chi connectivity index (χ3n) is 5.91. The molecule has 0 aliphatic heterocycles. The van der Waals surface area contributed by atoms with Crippen LogP contribution in [0.5, 0.6) is 0 Å². The lowest BCUT2D eigenvalue weighted by molar-refractivity contribution is -0.187. The molecule has 0 aromatic heterocycles. The number of ether oxygens (including phenoxy) is 3. The smallest absolute Gasteiger partial charge is 0.376 e. The molecule has 36 heavy (non-hydrogen) atoms. The maximum Gasteiger partial charge on any atom is 0.376 e. The van der Waals surface area contributed by atoms with Crippen LogP contribution in [0.4, 0.5) is 17.6 Å². The van der Waals surface area contributed by atoms with E-state index in [1.165, 1.54) is 6.92 Å². The minimum Gasteiger partial charge on any atom is -0.461 e. The maximum atomic E-state index is 14.2. The molecule has 0 aromatic rings. The molecule has 0 rings (SSSR count). The van der Waals surface area contributed by atoms with Crippen LogP contribution in [0.25, 0.3) is 0 Å². The standard InChI is InChI=1S/C26H42F4O6/c1-6-9-11-13-15-25(27,28)22(32)35-18-24(8-3,17-34-21(31)20(4)5)19-36-23(33)26(29,30)16-14-12-10-7-2/h4,6-19H2,1-3,5H3. The molecule has 0 bridgehead atoms. The van der Waals surface area contributed by atoms with Gasteiger partial charge in [0.1, 0.15) is 19.8 Å². The predicted octanol–water partition coefficient (Wildman–Crippen LogP) is 6.80. The Hall–Kier alpha value is -2.13. The largest absolute Gasteiger partial charge is 0.461 e. The van der Waals surface area contributed by atoms with E-state index < -0.39 is 67.8 Å². The van der Waals surface area contributed by atoms with Crippen molar-refractivity contribution in [3.8, 4) is 0 Å². The zero-order valence-electron chi connectivity index (χ0n) is 22.1. The molecular weight excluding hydrogens is 484 g/mol. The number of hydrogen-bond acceptors (Lipinski definition) is 6. The quantitative estimate of drug-likeness (QED) is 0.0571. The van der Waals surface area contributed by atoms with Gasteiger partial charge in [-0.25, -0.2) is 14.4 Å². The van der Waals surface area contributed by atoms with Crippen molar-refractivity contribution in [1.29, 1.82) is 0 Å². The molecule has 0 unspecified atom stereocenters. The van der Waals surface area contributed by atoms with E-state index in [1.807, 2.05) is 13.8 Å². The molecule has 0 aromatic carbocycles. The summed E-state index contributed by atoms with van der Waals surface area (Å²) >= 11 is 0. The van der Waals surface area contributed by atoms with Crippen molar-refractivity contribution in [2.45, 2.75) is 110 Å². The van der Waals surface area contributed by atoms with E-state index in [1.54, 1.807) is 6.92 Å². The van der Waals surface area contributed by atoms with Gasteiger partial charge >= 0.3 is 29.8 Å². The van der Waals surface area contributed by atoms with Crippen LogP contribution >= 0.6 is 0 Å². The summed E-state index contributed by atoms with van der Waals surface area (Å²) in [4.78, 5) is 36.0. The second-order valence-electron chi connectivity index (χ2n) is 9.39. The van der Waals surface area contributed by atoms with Gasteiger partial charge < -0.3 is 14.2 Å². The van der Waals surface area contributed by atoms with Crippen molar-refractivity contribution >= 4 is 17.9 Å². The number of rotatable bonds is 20. The van der Waals surface area contributed by atoms with E-state index in [4.69, 9.17) is 14.2 Å². The maximum absolute atomic E-state index is 14.2. The Morgan fingerprint density at radius 3 is 1.39 bits per heavy atom. The Morgan fingerprint density at radius 2 is 1.06 bits per heavy atom. The van der Waals surface area contributed by atoms with Gasteiger partial charge in [0.15, 0.2) is 0 Å². The van der Waals surface area contributed by atoms with Gasteiger partial charge in [-0.2, -0.15) is 17.6 Å². The summed E-state index contributed by atoms with van der Waals surface area (Å²) in [6.07, 6.45) is 3.19. The first-order valence-corrected chi connectivity index (χ1v) is 12.7. The summed E-state index contributed by atoms with van der Waals surface area (Å²) in [5.41, 5.74) is -1.45. The lowest BCUT2D eigenvalue weighted by Gasteiger charge is -2.32. The summed E-state index contributed by atoms with van der Waals surface area (Å²) in [6.45, 7) is 8.26. The third kappa shape index (κ3) is 12.7. The van der Waals surface area contributed by atoms with Gasteiger partial charge in [0, 0.05) is 18.4 Å². The Kier molecular flexibility index (Phi) is 15.6. The van der Waals surface area contributed by atoms with Crippen LogP contribution in [0, 0.1) is 5.41 Å². The molecule has 0 aliphatic carbocycles. The molecule has 0 radical (unpaired) electrons. The highest BCUT2D eigenvalue weighted by molar-refractivity contribution is 5.87. The van der Waals surface area contributed by atoms with Gasteiger partial charge in [0.05, 0.1) is 5.41 Å². The Labute approximate surface area is 212 Å². The topological polar surface area (TPSA) is 78.9 Å². The highest BCUT2D eigenvalue weighted by atomic mass is 19.3. The Balaban J connectivity index is 5.33. The van der Waals surface area contributed by atoms with Crippen molar-refractivity contribution in [2.24, 2.45) is 5.41 Å². The van der Waals surface area contributed by atoms with E-state index >= 15 is 0 Å². The minimum absolute atomic E-state index is 0.0151. The fourth-order valence-electron chi connectivity index (χ4n) is 3.17. The highest BCUT2D eigenvalue weighted by Crippen LogP contribution is 2.30. The van der Waals surface area contributed by atoms with E-state index in [9.17, 15) is 31.9 Å². The first kappa shape index (κ1) is 33.9. The van der Waals surface area contributed by atoms with Gasteiger partial charge in [-0.3, -0.25) is 0 Å². The number of carbonyl (C=O) groups excluding carboxylic acids is 3. The van der Waals surface area contributed by atoms with Crippen molar-refractivity contribution < 1.29 is 46.2 Å². The van der Waals surface area contributed by atoms with E-state index in [2.05, 4.69) is 6.58 Å². The number of hydrogen-bond donors (Lipinski definition) is 0. The van der Waals surface area contributed by atoms with E-state index in [-0.39, 0.29) is 24.8 Å². The number of unbranched alkanes of at least 4 members (excludes halogenated alkanes) is 6. The van der Waals surface area contributed by atoms with Crippen LogP contribution in [0.15, 0.2) is 12.2 Å². The number of esters is 3. The van der Waals surface area contributed by atoms with Crippen LogP contribution in [0.3, 0.4) is 0 Å². The third-order valence-corrected chi connectivity index (χ3v) is 5.91. The lowest BCUT2D eigenvalue weighted by Crippen LogP contribution is -2.43. The van der Waals surface area contributed by atoms with Crippen molar-refractivity contribution in [3.05, 3.63) is 12.2 Å². The Morgan fingerprint density at radius 1 is 0.667 bits per heavy atom. The number of carbonyl (C=O) groups is 3. The first-order valence-electron chi connectivity index (χ1n) is 12.7. The van der Waals surface area contributed by atoms with Gasteiger partial charge in [-0.05, 0) is 26.2 Å². The molecule has 0 atom stereocenters. The molecule has 6 nitrogen and oxygen atoms in total. The zero-order valence-corrected chi connectivity index (χ0v) is 22.1. The lowest BCUT2D eigenvalue weighted by atomic mass is 9.88.